The minimum Gasteiger partial charge on any atom is -0.477 e. The van der Waals surface area contributed by atoms with Crippen molar-refractivity contribution in [1.29, 1.82) is 0 Å². The quantitative estimate of drug-likeness (QED) is 0.158. The number of rotatable bonds is 8. The summed E-state index contributed by atoms with van der Waals surface area (Å²) in [5.41, 5.74) is 0. The van der Waals surface area contributed by atoms with Gasteiger partial charge in [-0.15, -0.1) is 0 Å². The molecule has 0 spiro atoms. The predicted molar refractivity (Wildman–Crippen MR) is 97.4 cm³/mol. The van der Waals surface area contributed by atoms with Crippen LogP contribution in [-0.4, -0.2) is 138 Å². The van der Waals surface area contributed by atoms with Crippen LogP contribution >= 0.6 is 0 Å². The minimum absolute atomic E-state index is 0.693. The zero-order valence-electron chi connectivity index (χ0n) is 17.0. The Morgan fingerprint density at radius 1 is 1.16 bits per heavy atom. The van der Waals surface area contributed by atoms with Gasteiger partial charge < -0.3 is 65.5 Å². The first-order valence-corrected chi connectivity index (χ1v) is 9.70. The highest BCUT2D eigenvalue weighted by atomic mass is 16.7. The van der Waals surface area contributed by atoms with E-state index >= 15 is 0 Å². The summed E-state index contributed by atoms with van der Waals surface area (Å²) in [6.45, 7) is -0.741. The number of carboxylic acids is 1. The van der Waals surface area contributed by atoms with Crippen molar-refractivity contribution in [2.45, 2.75) is 80.3 Å². The van der Waals surface area contributed by atoms with E-state index in [4.69, 9.17) is 19.3 Å². The number of carbonyl (C=O) groups excluding carboxylic acids is 1. The van der Waals surface area contributed by atoms with Crippen LogP contribution in [0.4, 0.5) is 0 Å². The Hall–Kier alpha value is -1.50. The summed E-state index contributed by atoms with van der Waals surface area (Å²) in [6, 6.07) is -1.44. The van der Waals surface area contributed by atoms with Crippen molar-refractivity contribution in [2.24, 2.45) is 0 Å². The average Bonchev–Trinajstić information content (AvgIpc) is 2.73. The molecule has 0 aromatic heterocycles. The van der Waals surface area contributed by atoms with E-state index in [0.29, 0.717) is 0 Å². The third-order valence-corrected chi connectivity index (χ3v) is 5.35. The van der Waals surface area contributed by atoms with E-state index < -0.39 is 98.5 Å². The number of aliphatic hydroxyl groups is 8. The topological polar surface area (TPSA) is 256 Å². The molecular weight excluding hydrogens is 442 g/mol. The van der Waals surface area contributed by atoms with Crippen molar-refractivity contribution in [3.05, 3.63) is 0 Å². The van der Waals surface area contributed by atoms with Crippen LogP contribution in [-0.2, 0) is 23.8 Å². The molecule has 186 valence electrons. The molecule has 2 heterocycles. The van der Waals surface area contributed by atoms with Crippen LogP contribution in [0.15, 0.2) is 0 Å². The number of carbonyl (C=O) groups is 2. The molecule has 10 N–H and O–H groups in total. The van der Waals surface area contributed by atoms with Crippen LogP contribution in [0.25, 0.3) is 0 Å². The lowest BCUT2D eigenvalue weighted by Gasteiger charge is -2.49. The van der Waals surface area contributed by atoms with E-state index in [2.05, 4.69) is 5.32 Å². The maximum absolute atomic E-state index is 12.1. The van der Waals surface area contributed by atoms with Gasteiger partial charge in [-0.2, -0.15) is 0 Å². The van der Waals surface area contributed by atoms with E-state index in [1.54, 1.807) is 0 Å². The number of hydrogen-bond acceptors (Lipinski definition) is 13. The Morgan fingerprint density at radius 3 is 2.28 bits per heavy atom. The van der Waals surface area contributed by atoms with Gasteiger partial charge in [0.25, 0.3) is 5.79 Å². The Kier molecular flexibility index (Phi) is 8.88. The number of aliphatic carboxylic acids is 1. The normalized spacial score (nSPS) is 42.2. The predicted octanol–water partition coefficient (Wildman–Crippen LogP) is -6.05. The Labute approximate surface area is 181 Å². The lowest BCUT2D eigenvalue weighted by atomic mass is 9.88. The van der Waals surface area contributed by atoms with Gasteiger partial charge in [0.2, 0.25) is 5.91 Å². The molecule has 2 saturated heterocycles. The van der Waals surface area contributed by atoms with Gasteiger partial charge in [0.05, 0.1) is 25.4 Å². The summed E-state index contributed by atoms with van der Waals surface area (Å²) < 4.78 is 15.5. The molecule has 0 aromatic carbocycles. The van der Waals surface area contributed by atoms with Gasteiger partial charge >= 0.3 is 5.97 Å². The first kappa shape index (κ1) is 26.7. The molecule has 2 aliphatic rings. The van der Waals surface area contributed by atoms with E-state index in [0.717, 1.165) is 6.92 Å². The van der Waals surface area contributed by atoms with E-state index in [9.17, 15) is 50.4 Å². The van der Waals surface area contributed by atoms with Crippen molar-refractivity contribution >= 4 is 11.9 Å². The van der Waals surface area contributed by atoms with E-state index in [-0.39, 0.29) is 0 Å². The van der Waals surface area contributed by atoms with Gasteiger partial charge in [0, 0.05) is 13.3 Å². The molecule has 0 aliphatic carbocycles. The molecular formula is C17H29NO14. The first-order chi connectivity index (χ1) is 14.9. The van der Waals surface area contributed by atoms with Crippen LogP contribution in [0.1, 0.15) is 13.3 Å². The van der Waals surface area contributed by atoms with Gasteiger partial charge in [0.1, 0.15) is 42.7 Å². The summed E-state index contributed by atoms with van der Waals surface area (Å²) in [5, 5.41) is 91.5. The highest BCUT2D eigenvalue weighted by Gasteiger charge is 2.59. The smallest absolute Gasteiger partial charge is 0.364 e. The van der Waals surface area contributed by atoms with Crippen molar-refractivity contribution in [3.63, 3.8) is 0 Å². The van der Waals surface area contributed by atoms with Gasteiger partial charge in [-0.1, -0.05) is 0 Å². The van der Waals surface area contributed by atoms with Gasteiger partial charge in [0.15, 0.2) is 6.29 Å². The first-order valence-electron chi connectivity index (χ1n) is 9.70. The summed E-state index contributed by atoms with van der Waals surface area (Å²) in [4.78, 5) is 23.6. The zero-order chi connectivity index (χ0) is 24.4. The van der Waals surface area contributed by atoms with E-state index in [1.807, 2.05) is 0 Å². The average molecular weight is 471 g/mol. The number of nitrogens with one attached hydrogen (secondary N) is 1. The fourth-order valence-electron chi connectivity index (χ4n) is 3.67. The standard InChI is InChI=1S/C17H29NO14/c1-5(21)18-9-6(22)2-17(16(28)29,31-13(9)10(24)7(23)3-19)32-14-11(25)8(4-20)30-15(27)12(14)26/h6-15,19-20,22-27H,2-4H2,1H3,(H,18,21)(H,28,29)/t6-,7+,8+,9+,10+,11-,12+,13+,14-,15+,17?/m0/s1. The molecule has 2 fully saturated rings. The third-order valence-electron chi connectivity index (χ3n) is 5.35. The van der Waals surface area contributed by atoms with Crippen LogP contribution in [0, 0.1) is 0 Å². The Balaban J connectivity index is 2.42. The summed E-state index contributed by atoms with van der Waals surface area (Å²) in [5.74, 6) is -5.44. The third kappa shape index (κ3) is 5.35. The number of carboxylic acid groups (broad SMARTS) is 1. The molecule has 2 rings (SSSR count). The Bertz CT molecular complexity index is 665. The number of ether oxygens (including phenoxy) is 3. The van der Waals surface area contributed by atoms with E-state index in [1.165, 1.54) is 0 Å². The molecule has 0 saturated carbocycles. The molecule has 0 radical (unpaired) electrons. The Morgan fingerprint density at radius 2 is 1.78 bits per heavy atom. The molecule has 0 aromatic rings. The second-order valence-corrected chi connectivity index (χ2v) is 7.69. The second-order valence-electron chi connectivity index (χ2n) is 7.69. The zero-order valence-corrected chi connectivity index (χ0v) is 17.0. The maximum Gasteiger partial charge on any atom is 0.364 e. The molecule has 2 aliphatic heterocycles. The minimum atomic E-state index is -2.86. The number of hydrogen-bond donors (Lipinski definition) is 10. The van der Waals surface area contributed by atoms with Crippen molar-refractivity contribution in [1.82, 2.24) is 5.32 Å². The molecule has 11 atom stereocenters. The number of aliphatic hydroxyl groups excluding tert-OH is 8. The van der Waals surface area contributed by atoms with Gasteiger partial charge in [-0.25, -0.2) is 4.79 Å². The molecule has 32 heavy (non-hydrogen) atoms. The molecule has 0 bridgehead atoms. The highest BCUT2D eigenvalue weighted by Crippen LogP contribution is 2.37. The van der Waals surface area contributed by atoms with Crippen LogP contribution in [0.2, 0.25) is 0 Å². The van der Waals surface area contributed by atoms with Crippen LogP contribution < -0.4 is 5.32 Å². The number of amides is 1. The highest BCUT2D eigenvalue weighted by molar-refractivity contribution is 5.76. The van der Waals surface area contributed by atoms with Crippen LogP contribution in [0.5, 0.6) is 0 Å². The van der Waals surface area contributed by atoms with Crippen molar-refractivity contribution in [3.8, 4) is 0 Å². The van der Waals surface area contributed by atoms with Crippen LogP contribution in [0.3, 0.4) is 0 Å². The molecule has 15 heteroatoms. The van der Waals surface area contributed by atoms with Crippen molar-refractivity contribution in [2.75, 3.05) is 13.2 Å². The molecule has 15 nitrogen and oxygen atoms in total. The summed E-state index contributed by atoms with van der Waals surface area (Å²) in [7, 11) is 0. The summed E-state index contributed by atoms with van der Waals surface area (Å²) in [6.07, 6.45) is -17.6. The monoisotopic (exact) mass is 471 g/mol. The lowest BCUT2D eigenvalue weighted by molar-refractivity contribution is -0.366. The molecule has 1 unspecified atom stereocenters. The second kappa shape index (κ2) is 10.6. The van der Waals surface area contributed by atoms with Gasteiger partial charge in [-0.3, -0.25) is 4.79 Å². The SMILES string of the molecule is CC(=O)N[C@H]1[C@H]([C@H](O)[C@H](O)CO)OC(O[C@@H]2[C@@H](O)[C@H](O)O[C@H](CO)[C@@H]2O)(C(=O)O)C[C@@H]1O. The maximum atomic E-state index is 12.1. The summed E-state index contributed by atoms with van der Waals surface area (Å²) >= 11 is 0. The fourth-order valence-corrected chi connectivity index (χ4v) is 3.67. The largest absolute Gasteiger partial charge is 0.477 e. The fraction of sp³-hybridized carbons (Fsp3) is 0.882. The van der Waals surface area contributed by atoms with Gasteiger partial charge in [-0.05, 0) is 0 Å². The van der Waals surface area contributed by atoms with Crippen molar-refractivity contribution < 1.29 is 69.8 Å². The lowest BCUT2D eigenvalue weighted by Crippen LogP contribution is -2.70. The molecule has 1 amide bonds.